The molecule has 0 fully saturated rings. The second-order valence-corrected chi connectivity index (χ2v) is 4.19. The molecule has 0 radical (unpaired) electrons. The molecule has 0 aliphatic heterocycles. The van der Waals surface area contributed by atoms with Gasteiger partial charge >= 0.3 is 0 Å². The van der Waals surface area contributed by atoms with E-state index in [-0.39, 0.29) is 0 Å². The summed E-state index contributed by atoms with van der Waals surface area (Å²) in [5, 5.41) is 4.14. The Hall–Kier alpha value is -0.910. The number of hydrogen-bond acceptors (Lipinski definition) is 4. The van der Waals surface area contributed by atoms with Crippen molar-refractivity contribution in [2.24, 2.45) is 12.9 Å². The molecule has 5 heteroatoms. The van der Waals surface area contributed by atoms with Crippen LogP contribution in [0, 0.1) is 0 Å². The smallest absolute Gasteiger partial charge is 0.0521 e. The second-order valence-electron chi connectivity index (χ2n) is 4.19. The molecule has 1 atom stereocenters. The van der Waals surface area contributed by atoms with E-state index in [0.29, 0.717) is 6.04 Å². The van der Waals surface area contributed by atoms with Crippen LogP contribution in [0.3, 0.4) is 0 Å². The van der Waals surface area contributed by atoms with Crippen molar-refractivity contribution < 1.29 is 0 Å². The third-order valence-corrected chi connectivity index (χ3v) is 2.36. The van der Waals surface area contributed by atoms with Crippen molar-refractivity contribution in [1.82, 2.24) is 20.1 Å². The monoisotopic (exact) mass is 211 g/mol. The number of hydrogen-bond donors (Lipinski definition) is 2. The summed E-state index contributed by atoms with van der Waals surface area (Å²) in [5.74, 6) is 5.49. The molecule has 0 aromatic carbocycles. The van der Waals surface area contributed by atoms with Gasteiger partial charge in [-0.15, -0.1) is 0 Å². The van der Waals surface area contributed by atoms with E-state index in [1.54, 1.807) is 0 Å². The summed E-state index contributed by atoms with van der Waals surface area (Å²) >= 11 is 0. The molecule has 0 amide bonds. The third kappa shape index (κ3) is 4.42. The molecule has 15 heavy (non-hydrogen) atoms. The van der Waals surface area contributed by atoms with Gasteiger partial charge in [-0.2, -0.15) is 5.10 Å². The van der Waals surface area contributed by atoms with Crippen LogP contribution in [0.25, 0.3) is 0 Å². The van der Waals surface area contributed by atoms with Crippen LogP contribution >= 0.6 is 0 Å². The number of nitrogens with one attached hydrogen (secondary N) is 1. The van der Waals surface area contributed by atoms with Crippen molar-refractivity contribution in [2.75, 3.05) is 20.6 Å². The third-order valence-electron chi connectivity index (χ3n) is 2.36. The molecule has 0 saturated carbocycles. The van der Waals surface area contributed by atoms with Crippen LogP contribution in [0.1, 0.15) is 12.0 Å². The maximum Gasteiger partial charge on any atom is 0.0521 e. The van der Waals surface area contributed by atoms with Crippen LogP contribution in [-0.4, -0.2) is 41.4 Å². The zero-order chi connectivity index (χ0) is 11.3. The van der Waals surface area contributed by atoms with Crippen molar-refractivity contribution in [2.45, 2.75) is 18.9 Å². The Morgan fingerprint density at radius 1 is 1.60 bits per heavy atom. The van der Waals surface area contributed by atoms with E-state index in [9.17, 15) is 0 Å². The predicted molar refractivity (Wildman–Crippen MR) is 61.2 cm³/mol. The van der Waals surface area contributed by atoms with Crippen molar-refractivity contribution in [3.05, 3.63) is 18.0 Å². The zero-order valence-electron chi connectivity index (χ0n) is 9.77. The van der Waals surface area contributed by atoms with Crippen molar-refractivity contribution in [3.63, 3.8) is 0 Å². The molecule has 1 aromatic heterocycles. The first-order valence-corrected chi connectivity index (χ1v) is 5.20. The van der Waals surface area contributed by atoms with Gasteiger partial charge in [-0.05, 0) is 32.5 Å². The number of aryl methyl sites for hydroxylation is 2. The SMILES string of the molecule is CN(C)CC(CCc1cnn(C)c1)NN. The summed E-state index contributed by atoms with van der Waals surface area (Å²) in [6.45, 7) is 0.955. The highest BCUT2D eigenvalue weighted by Gasteiger charge is 2.08. The summed E-state index contributed by atoms with van der Waals surface area (Å²) in [6, 6.07) is 0.334. The molecular weight excluding hydrogens is 190 g/mol. The van der Waals surface area contributed by atoms with Crippen LogP contribution < -0.4 is 11.3 Å². The summed E-state index contributed by atoms with van der Waals surface area (Å²) in [4.78, 5) is 2.13. The molecule has 0 aliphatic rings. The topological polar surface area (TPSA) is 59.1 Å². The predicted octanol–water partition coefficient (Wildman–Crippen LogP) is -0.254. The van der Waals surface area contributed by atoms with Gasteiger partial charge in [-0.3, -0.25) is 16.0 Å². The van der Waals surface area contributed by atoms with E-state index < -0.39 is 0 Å². The quantitative estimate of drug-likeness (QED) is 0.503. The summed E-state index contributed by atoms with van der Waals surface area (Å²) in [7, 11) is 6.03. The lowest BCUT2D eigenvalue weighted by Crippen LogP contribution is -2.42. The second kappa shape index (κ2) is 5.85. The number of likely N-dealkylation sites (N-methyl/N-ethyl adjacent to an activating group) is 1. The van der Waals surface area contributed by atoms with Gasteiger partial charge in [0.15, 0.2) is 0 Å². The molecule has 86 valence electrons. The van der Waals surface area contributed by atoms with E-state index in [2.05, 4.69) is 29.5 Å². The average molecular weight is 211 g/mol. The fourth-order valence-electron chi connectivity index (χ4n) is 1.61. The number of nitrogens with two attached hydrogens (primary N) is 1. The first kappa shape index (κ1) is 12.2. The maximum atomic E-state index is 5.49. The summed E-state index contributed by atoms with van der Waals surface area (Å²) < 4.78 is 1.83. The maximum absolute atomic E-state index is 5.49. The van der Waals surface area contributed by atoms with Crippen LogP contribution in [0.15, 0.2) is 12.4 Å². The van der Waals surface area contributed by atoms with Gasteiger partial charge < -0.3 is 4.90 Å². The molecular formula is C10H21N5. The Bertz CT molecular complexity index is 281. The molecule has 1 heterocycles. The molecule has 1 aromatic rings. The fraction of sp³-hybridized carbons (Fsp3) is 0.700. The minimum atomic E-state index is 0.334. The standard InChI is InChI=1S/C10H21N5/c1-14(2)8-10(13-11)5-4-9-6-12-15(3)7-9/h6-7,10,13H,4-5,8,11H2,1-3H3. The summed E-state index contributed by atoms with van der Waals surface area (Å²) in [6.07, 6.45) is 5.99. The lowest BCUT2D eigenvalue weighted by Gasteiger charge is -2.19. The number of rotatable bonds is 6. The fourth-order valence-corrected chi connectivity index (χ4v) is 1.61. The number of nitrogens with zero attached hydrogens (tertiary/aromatic N) is 3. The summed E-state index contributed by atoms with van der Waals surface area (Å²) in [5.41, 5.74) is 4.10. The van der Waals surface area contributed by atoms with Crippen LogP contribution in [0.4, 0.5) is 0 Å². The van der Waals surface area contributed by atoms with E-state index >= 15 is 0 Å². The van der Waals surface area contributed by atoms with Crippen LogP contribution in [-0.2, 0) is 13.5 Å². The van der Waals surface area contributed by atoms with Crippen LogP contribution in [0.2, 0.25) is 0 Å². The van der Waals surface area contributed by atoms with Gasteiger partial charge in [0.05, 0.1) is 6.20 Å². The van der Waals surface area contributed by atoms with E-state index in [4.69, 9.17) is 5.84 Å². The van der Waals surface area contributed by atoms with Gasteiger partial charge in [0, 0.05) is 25.8 Å². The Balaban J connectivity index is 2.34. The molecule has 0 aliphatic carbocycles. The van der Waals surface area contributed by atoms with Crippen molar-refractivity contribution >= 4 is 0 Å². The Morgan fingerprint density at radius 3 is 2.80 bits per heavy atom. The van der Waals surface area contributed by atoms with Gasteiger partial charge in [0.25, 0.3) is 0 Å². The lowest BCUT2D eigenvalue weighted by atomic mass is 10.1. The van der Waals surface area contributed by atoms with E-state index in [1.807, 2.05) is 24.1 Å². The van der Waals surface area contributed by atoms with Crippen molar-refractivity contribution in [3.8, 4) is 0 Å². The molecule has 5 nitrogen and oxygen atoms in total. The normalized spacial score (nSPS) is 13.4. The Kier molecular flexibility index (Phi) is 4.74. The van der Waals surface area contributed by atoms with Gasteiger partial charge in [0.2, 0.25) is 0 Å². The highest BCUT2D eigenvalue weighted by Crippen LogP contribution is 2.04. The Morgan fingerprint density at radius 2 is 2.33 bits per heavy atom. The number of aromatic nitrogens is 2. The minimum Gasteiger partial charge on any atom is -0.308 e. The largest absolute Gasteiger partial charge is 0.308 e. The molecule has 1 rings (SSSR count). The molecule has 0 saturated heterocycles. The average Bonchev–Trinajstić information content (AvgIpc) is 2.58. The van der Waals surface area contributed by atoms with Crippen LogP contribution in [0.5, 0.6) is 0 Å². The van der Waals surface area contributed by atoms with Gasteiger partial charge in [0.1, 0.15) is 0 Å². The molecule has 0 spiro atoms. The number of hydrazine groups is 1. The highest BCUT2D eigenvalue weighted by molar-refractivity contribution is 5.03. The first-order chi connectivity index (χ1) is 7.11. The highest BCUT2D eigenvalue weighted by atomic mass is 15.3. The van der Waals surface area contributed by atoms with Gasteiger partial charge in [-0.1, -0.05) is 0 Å². The van der Waals surface area contributed by atoms with Crippen molar-refractivity contribution in [1.29, 1.82) is 0 Å². The lowest BCUT2D eigenvalue weighted by molar-refractivity contribution is 0.329. The first-order valence-electron chi connectivity index (χ1n) is 5.20. The molecule has 1 unspecified atom stereocenters. The zero-order valence-corrected chi connectivity index (χ0v) is 9.77. The van der Waals surface area contributed by atoms with E-state index in [1.165, 1.54) is 5.56 Å². The van der Waals surface area contributed by atoms with Gasteiger partial charge in [-0.25, -0.2) is 0 Å². The Labute approximate surface area is 91.2 Å². The minimum absolute atomic E-state index is 0.334. The molecule has 3 N–H and O–H groups in total. The molecule has 0 bridgehead atoms. The van der Waals surface area contributed by atoms with E-state index in [0.717, 1.165) is 19.4 Å².